The fourth-order valence-corrected chi connectivity index (χ4v) is 2.58. The van der Waals surface area contributed by atoms with E-state index in [9.17, 15) is 10.1 Å². The SMILES string of the molecule is O=[N+]([O-])c1ccc(-c2csc(N/N=C/c3ccccc3)n2)cc1. The minimum absolute atomic E-state index is 0.0646. The van der Waals surface area contributed by atoms with E-state index in [1.54, 1.807) is 18.3 Å². The summed E-state index contributed by atoms with van der Waals surface area (Å²) in [6.45, 7) is 0. The van der Waals surface area contributed by atoms with Gasteiger partial charge >= 0.3 is 0 Å². The van der Waals surface area contributed by atoms with Gasteiger partial charge in [0.05, 0.1) is 16.8 Å². The van der Waals surface area contributed by atoms with Gasteiger partial charge in [-0.15, -0.1) is 11.3 Å². The van der Waals surface area contributed by atoms with E-state index in [4.69, 9.17) is 0 Å². The molecular weight excluding hydrogens is 312 g/mol. The van der Waals surface area contributed by atoms with Crippen molar-refractivity contribution in [3.8, 4) is 11.3 Å². The van der Waals surface area contributed by atoms with Crippen LogP contribution in [0.2, 0.25) is 0 Å². The molecule has 23 heavy (non-hydrogen) atoms. The number of hydrogen-bond donors (Lipinski definition) is 1. The number of nitrogens with one attached hydrogen (secondary N) is 1. The third-order valence-corrected chi connectivity index (χ3v) is 3.80. The molecule has 0 fully saturated rings. The van der Waals surface area contributed by atoms with Crippen molar-refractivity contribution in [1.82, 2.24) is 4.98 Å². The molecule has 0 aliphatic heterocycles. The fourth-order valence-electron chi connectivity index (χ4n) is 1.91. The summed E-state index contributed by atoms with van der Waals surface area (Å²) in [5.41, 5.74) is 5.52. The first kappa shape index (κ1) is 14.9. The Hall–Kier alpha value is -3.06. The highest BCUT2D eigenvalue weighted by molar-refractivity contribution is 7.14. The Morgan fingerprint density at radius 1 is 1.13 bits per heavy atom. The normalized spacial score (nSPS) is 10.8. The van der Waals surface area contributed by atoms with Gasteiger partial charge in [0.15, 0.2) is 0 Å². The van der Waals surface area contributed by atoms with Crippen molar-refractivity contribution >= 4 is 28.4 Å². The maximum absolute atomic E-state index is 10.7. The Kier molecular flexibility index (Phi) is 4.39. The maximum atomic E-state index is 10.7. The Labute approximate surface area is 136 Å². The Balaban J connectivity index is 1.68. The zero-order chi connectivity index (χ0) is 16.1. The minimum Gasteiger partial charge on any atom is -0.258 e. The second kappa shape index (κ2) is 6.80. The molecule has 0 saturated carbocycles. The number of hydrazone groups is 1. The highest BCUT2D eigenvalue weighted by atomic mass is 32.1. The first-order valence-corrected chi connectivity index (χ1v) is 7.65. The van der Waals surface area contributed by atoms with Gasteiger partial charge in [-0.2, -0.15) is 5.10 Å². The largest absolute Gasteiger partial charge is 0.269 e. The summed E-state index contributed by atoms with van der Waals surface area (Å²) in [5, 5.41) is 17.3. The van der Waals surface area contributed by atoms with Crippen molar-refractivity contribution in [1.29, 1.82) is 0 Å². The third kappa shape index (κ3) is 3.78. The van der Waals surface area contributed by atoms with Crippen molar-refractivity contribution in [3.05, 3.63) is 75.7 Å². The quantitative estimate of drug-likeness (QED) is 0.434. The van der Waals surface area contributed by atoms with Crippen LogP contribution in [0.15, 0.2) is 65.1 Å². The van der Waals surface area contributed by atoms with Crippen LogP contribution in [0.25, 0.3) is 11.3 Å². The lowest BCUT2D eigenvalue weighted by Gasteiger charge is -1.96. The minimum atomic E-state index is -0.421. The van der Waals surface area contributed by atoms with E-state index in [1.165, 1.54) is 23.5 Å². The molecule has 0 aliphatic rings. The lowest BCUT2D eigenvalue weighted by Crippen LogP contribution is -1.90. The summed E-state index contributed by atoms with van der Waals surface area (Å²) in [4.78, 5) is 14.6. The topological polar surface area (TPSA) is 80.4 Å². The number of nitrogens with zero attached hydrogens (tertiary/aromatic N) is 3. The fraction of sp³-hybridized carbons (Fsp3) is 0. The van der Waals surface area contributed by atoms with Crippen molar-refractivity contribution in [2.45, 2.75) is 0 Å². The average molecular weight is 324 g/mol. The lowest BCUT2D eigenvalue weighted by atomic mass is 10.1. The highest BCUT2D eigenvalue weighted by Gasteiger charge is 2.07. The third-order valence-electron chi connectivity index (χ3n) is 3.05. The first-order valence-electron chi connectivity index (χ1n) is 6.77. The molecule has 6 nitrogen and oxygen atoms in total. The number of non-ortho nitro benzene ring substituents is 1. The predicted octanol–water partition coefficient (Wildman–Crippen LogP) is 4.16. The van der Waals surface area contributed by atoms with Crippen molar-refractivity contribution in [2.24, 2.45) is 5.10 Å². The van der Waals surface area contributed by atoms with Gasteiger partial charge in [0.2, 0.25) is 5.13 Å². The molecule has 1 aromatic heterocycles. The van der Waals surface area contributed by atoms with Gasteiger partial charge < -0.3 is 0 Å². The number of nitro benzene ring substituents is 1. The van der Waals surface area contributed by atoms with E-state index in [0.29, 0.717) is 5.13 Å². The molecule has 1 heterocycles. The van der Waals surface area contributed by atoms with E-state index in [2.05, 4.69) is 15.5 Å². The molecule has 0 aliphatic carbocycles. The summed E-state index contributed by atoms with van der Waals surface area (Å²) in [6, 6.07) is 16.0. The molecule has 114 valence electrons. The zero-order valence-corrected chi connectivity index (χ0v) is 12.7. The highest BCUT2D eigenvalue weighted by Crippen LogP contribution is 2.26. The zero-order valence-electron chi connectivity index (χ0n) is 11.9. The number of nitro groups is 1. The van der Waals surface area contributed by atoms with Gasteiger partial charge in [-0.1, -0.05) is 30.3 Å². The van der Waals surface area contributed by atoms with Crippen LogP contribution in [-0.4, -0.2) is 16.1 Å². The van der Waals surface area contributed by atoms with Crippen molar-refractivity contribution in [3.63, 3.8) is 0 Å². The molecule has 0 atom stereocenters. The van der Waals surface area contributed by atoms with Crippen molar-refractivity contribution in [2.75, 3.05) is 5.43 Å². The molecule has 0 spiro atoms. The Morgan fingerprint density at radius 3 is 2.57 bits per heavy atom. The molecule has 3 rings (SSSR count). The molecule has 0 radical (unpaired) electrons. The number of anilines is 1. The molecule has 7 heteroatoms. The lowest BCUT2D eigenvalue weighted by molar-refractivity contribution is -0.384. The average Bonchev–Trinajstić information content (AvgIpc) is 3.05. The van der Waals surface area contributed by atoms with Crippen LogP contribution in [0.1, 0.15) is 5.56 Å². The van der Waals surface area contributed by atoms with Crippen LogP contribution in [-0.2, 0) is 0 Å². The standard InChI is InChI=1S/C16H12N4O2S/c21-20(22)14-8-6-13(7-9-14)15-11-23-16(18-15)19-17-10-12-4-2-1-3-5-12/h1-11H,(H,18,19)/b17-10+. The van der Waals surface area contributed by atoms with E-state index in [0.717, 1.165) is 16.8 Å². The number of rotatable bonds is 5. The van der Waals surface area contributed by atoms with Crippen LogP contribution in [0.5, 0.6) is 0 Å². The summed E-state index contributed by atoms with van der Waals surface area (Å²) >= 11 is 1.42. The summed E-state index contributed by atoms with van der Waals surface area (Å²) in [7, 11) is 0. The van der Waals surface area contributed by atoms with Gasteiger partial charge in [-0.25, -0.2) is 4.98 Å². The Morgan fingerprint density at radius 2 is 1.87 bits per heavy atom. The summed E-state index contributed by atoms with van der Waals surface area (Å²) in [5.74, 6) is 0. The van der Waals surface area contributed by atoms with Crippen LogP contribution >= 0.6 is 11.3 Å². The maximum Gasteiger partial charge on any atom is 0.269 e. The molecule has 0 amide bonds. The van der Waals surface area contributed by atoms with Crippen LogP contribution in [0.4, 0.5) is 10.8 Å². The van der Waals surface area contributed by atoms with Gasteiger partial charge in [-0.3, -0.25) is 15.5 Å². The monoisotopic (exact) mass is 324 g/mol. The van der Waals surface area contributed by atoms with Crippen LogP contribution in [0, 0.1) is 10.1 Å². The van der Waals surface area contributed by atoms with Crippen molar-refractivity contribution < 1.29 is 4.92 Å². The summed E-state index contributed by atoms with van der Waals surface area (Å²) < 4.78 is 0. The van der Waals surface area contributed by atoms with E-state index >= 15 is 0 Å². The molecular formula is C16H12N4O2S. The van der Waals surface area contributed by atoms with Gasteiger partial charge in [0, 0.05) is 23.1 Å². The molecule has 3 aromatic rings. The number of hydrogen-bond acceptors (Lipinski definition) is 6. The molecule has 0 unspecified atom stereocenters. The second-order valence-corrected chi connectivity index (χ2v) is 5.48. The van der Waals surface area contributed by atoms with Gasteiger partial charge in [0.1, 0.15) is 0 Å². The summed E-state index contributed by atoms with van der Waals surface area (Å²) in [6.07, 6.45) is 1.72. The second-order valence-electron chi connectivity index (χ2n) is 4.62. The van der Waals surface area contributed by atoms with E-state index in [-0.39, 0.29) is 5.69 Å². The molecule has 1 N–H and O–H groups in total. The van der Waals surface area contributed by atoms with Crippen LogP contribution < -0.4 is 5.43 Å². The Bertz CT molecular complexity index is 829. The van der Waals surface area contributed by atoms with Gasteiger partial charge in [-0.05, 0) is 17.7 Å². The molecule has 2 aromatic carbocycles. The van der Waals surface area contributed by atoms with Gasteiger partial charge in [0.25, 0.3) is 5.69 Å². The predicted molar refractivity (Wildman–Crippen MR) is 91.9 cm³/mol. The van der Waals surface area contributed by atoms with E-state index < -0.39 is 4.92 Å². The number of aromatic nitrogens is 1. The molecule has 0 bridgehead atoms. The number of thiazole rings is 1. The first-order chi connectivity index (χ1) is 11.2. The van der Waals surface area contributed by atoms with E-state index in [1.807, 2.05) is 35.7 Å². The smallest absolute Gasteiger partial charge is 0.258 e. The van der Waals surface area contributed by atoms with Crippen LogP contribution in [0.3, 0.4) is 0 Å². The number of benzene rings is 2. The molecule has 0 saturated heterocycles.